The van der Waals surface area contributed by atoms with Gasteiger partial charge in [0, 0.05) is 11.6 Å². The summed E-state index contributed by atoms with van der Waals surface area (Å²) in [4.78, 5) is 25.0. The predicted octanol–water partition coefficient (Wildman–Crippen LogP) is 3.59. The van der Waals surface area contributed by atoms with Crippen LogP contribution in [0.25, 0.3) is 0 Å². The largest absolute Gasteiger partial charge is 0.480 e. The lowest BCUT2D eigenvalue weighted by molar-refractivity contribution is -0.142. The third kappa shape index (κ3) is 4.86. The zero-order valence-electron chi connectivity index (χ0n) is 13.6. The molecule has 1 unspecified atom stereocenters. The minimum Gasteiger partial charge on any atom is -0.480 e. The van der Waals surface area contributed by atoms with Crippen LogP contribution >= 0.6 is 11.6 Å². The van der Waals surface area contributed by atoms with Gasteiger partial charge in [0.1, 0.15) is 11.6 Å². The Hall–Kier alpha value is -1.75. The van der Waals surface area contributed by atoms with Crippen LogP contribution in [0.5, 0.6) is 0 Å². The molecule has 2 rings (SSSR count). The second-order valence-electron chi connectivity index (χ2n) is 6.92. The number of carbonyl (C=O) groups excluding carboxylic acids is 1. The summed E-state index contributed by atoms with van der Waals surface area (Å²) < 4.78 is 5.32. The summed E-state index contributed by atoms with van der Waals surface area (Å²) in [7, 11) is 0. The van der Waals surface area contributed by atoms with Gasteiger partial charge in [0.05, 0.1) is 0 Å². The smallest absolute Gasteiger partial charge is 0.411 e. The van der Waals surface area contributed by atoms with E-state index in [-0.39, 0.29) is 5.92 Å². The van der Waals surface area contributed by atoms with Crippen molar-refractivity contribution in [3.05, 3.63) is 34.9 Å². The fourth-order valence-electron chi connectivity index (χ4n) is 2.82. The number of nitrogens with zero attached hydrogens (tertiary/aromatic N) is 1. The summed E-state index contributed by atoms with van der Waals surface area (Å²) in [6, 6.07) is 6.65. The van der Waals surface area contributed by atoms with Crippen molar-refractivity contribution in [3.8, 4) is 0 Å². The van der Waals surface area contributed by atoms with Crippen LogP contribution in [0.4, 0.5) is 4.79 Å². The normalized spacial score (nSPS) is 21.3. The molecule has 0 radical (unpaired) electrons. The molecule has 1 heterocycles. The molecule has 5 nitrogen and oxygen atoms in total. The molecule has 0 aliphatic carbocycles. The number of hydrogen-bond donors (Lipinski definition) is 1. The van der Waals surface area contributed by atoms with Crippen molar-refractivity contribution in [1.29, 1.82) is 0 Å². The predicted molar refractivity (Wildman–Crippen MR) is 87.6 cm³/mol. The highest BCUT2D eigenvalue weighted by atomic mass is 35.5. The number of amides is 1. The number of carboxylic acid groups (broad SMARTS) is 1. The van der Waals surface area contributed by atoms with Crippen molar-refractivity contribution >= 4 is 23.7 Å². The summed E-state index contributed by atoms with van der Waals surface area (Å²) in [6.07, 6.45) is 0.531. The molecule has 0 bridgehead atoms. The van der Waals surface area contributed by atoms with Gasteiger partial charge in [0.15, 0.2) is 0 Å². The molecule has 1 aliphatic rings. The van der Waals surface area contributed by atoms with E-state index in [0.29, 0.717) is 24.4 Å². The monoisotopic (exact) mass is 339 g/mol. The fourth-order valence-corrected chi connectivity index (χ4v) is 3.04. The first-order valence-corrected chi connectivity index (χ1v) is 8.00. The summed E-state index contributed by atoms with van der Waals surface area (Å²) in [6.45, 7) is 5.67. The molecule has 0 aromatic heterocycles. The van der Waals surface area contributed by atoms with Crippen LogP contribution in [0.3, 0.4) is 0 Å². The molecule has 2 atom stereocenters. The number of aliphatic carboxylic acids is 1. The van der Waals surface area contributed by atoms with E-state index in [2.05, 4.69) is 0 Å². The number of hydrogen-bond acceptors (Lipinski definition) is 3. The van der Waals surface area contributed by atoms with E-state index in [1.165, 1.54) is 4.90 Å². The standard InChI is InChI=1S/C17H22ClNO4/c1-17(2,3)23-16(22)19-10-12(9-14(19)15(20)21)7-11-5-4-6-13(18)8-11/h4-6,8,12,14H,7,9-10H2,1-3H3,(H,20,21)/t12?,14-/m0/s1. The highest BCUT2D eigenvalue weighted by Crippen LogP contribution is 2.29. The zero-order chi connectivity index (χ0) is 17.2. The van der Waals surface area contributed by atoms with Gasteiger partial charge < -0.3 is 9.84 Å². The summed E-state index contributed by atoms with van der Waals surface area (Å²) >= 11 is 5.98. The molecular weight excluding hydrogens is 318 g/mol. The van der Waals surface area contributed by atoms with E-state index in [1.54, 1.807) is 26.8 Å². The third-order valence-corrected chi connectivity index (χ3v) is 3.95. The zero-order valence-corrected chi connectivity index (χ0v) is 14.3. The maximum atomic E-state index is 12.2. The van der Waals surface area contributed by atoms with Crippen LogP contribution in [0, 0.1) is 5.92 Å². The van der Waals surface area contributed by atoms with Crippen molar-refractivity contribution in [2.45, 2.75) is 45.3 Å². The Morgan fingerprint density at radius 3 is 2.65 bits per heavy atom. The number of benzene rings is 1. The third-order valence-electron chi connectivity index (χ3n) is 3.71. The Labute approximate surface area is 141 Å². The van der Waals surface area contributed by atoms with Gasteiger partial charge in [-0.3, -0.25) is 4.90 Å². The fraction of sp³-hybridized carbons (Fsp3) is 0.529. The second kappa shape index (κ2) is 6.79. The van der Waals surface area contributed by atoms with Gasteiger partial charge in [-0.15, -0.1) is 0 Å². The van der Waals surface area contributed by atoms with Crippen LogP contribution in [0.1, 0.15) is 32.8 Å². The maximum absolute atomic E-state index is 12.2. The van der Waals surface area contributed by atoms with Gasteiger partial charge in [-0.25, -0.2) is 9.59 Å². The van der Waals surface area contributed by atoms with Crippen LogP contribution in [-0.4, -0.2) is 40.3 Å². The molecule has 1 fully saturated rings. The lowest BCUT2D eigenvalue weighted by Gasteiger charge is -2.26. The Kier molecular flexibility index (Phi) is 5.19. The number of rotatable bonds is 3. The van der Waals surface area contributed by atoms with Crippen molar-refractivity contribution < 1.29 is 19.4 Å². The summed E-state index contributed by atoms with van der Waals surface area (Å²) in [5.41, 5.74) is 0.392. The number of halogens is 1. The quantitative estimate of drug-likeness (QED) is 0.913. The van der Waals surface area contributed by atoms with Gasteiger partial charge in [0.25, 0.3) is 0 Å². The first-order chi connectivity index (χ1) is 10.7. The Morgan fingerprint density at radius 2 is 2.09 bits per heavy atom. The minimum absolute atomic E-state index is 0.0714. The molecule has 126 valence electrons. The number of likely N-dealkylation sites (tertiary alicyclic amines) is 1. The Morgan fingerprint density at radius 1 is 1.39 bits per heavy atom. The van der Waals surface area contributed by atoms with Gasteiger partial charge in [0.2, 0.25) is 0 Å². The topological polar surface area (TPSA) is 66.8 Å². The van der Waals surface area contributed by atoms with E-state index in [1.807, 2.05) is 18.2 Å². The SMILES string of the molecule is CC(C)(C)OC(=O)N1CC(Cc2cccc(Cl)c2)C[C@H]1C(=O)O. The average molecular weight is 340 g/mol. The Bertz CT molecular complexity index is 597. The molecular formula is C17H22ClNO4. The first-order valence-electron chi connectivity index (χ1n) is 7.62. The molecule has 0 saturated carbocycles. The molecule has 6 heteroatoms. The van der Waals surface area contributed by atoms with Gasteiger partial charge >= 0.3 is 12.1 Å². The number of ether oxygens (including phenoxy) is 1. The van der Waals surface area contributed by atoms with Crippen LogP contribution in [0.2, 0.25) is 5.02 Å². The molecule has 1 amide bonds. The summed E-state index contributed by atoms with van der Waals surface area (Å²) in [5.74, 6) is -0.925. The van der Waals surface area contributed by atoms with Crippen molar-refractivity contribution in [2.75, 3.05) is 6.54 Å². The lowest BCUT2D eigenvalue weighted by atomic mass is 9.97. The first kappa shape index (κ1) is 17.6. The van der Waals surface area contributed by atoms with E-state index in [0.717, 1.165) is 5.56 Å². The van der Waals surface area contributed by atoms with E-state index >= 15 is 0 Å². The molecule has 1 aliphatic heterocycles. The maximum Gasteiger partial charge on any atom is 0.411 e. The van der Waals surface area contributed by atoms with Crippen LogP contribution < -0.4 is 0 Å². The number of carboxylic acids is 1. The Balaban J connectivity index is 2.08. The van der Waals surface area contributed by atoms with E-state index in [9.17, 15) is 14.7 Å². The molecule has 1 saturated heterocycles. The van der Waals surface area contributed by atoms with Gasteiger partial charge in [-0.05, 0) is 57.2 Å². The lowest BCUT2D eigenvalue weighted by Crippen LogP contribution is -2.43. The van der Waals surface area contributed by atoms with Gasteiger partial charge in [-0.1, -0.05) is 23.7 Å². The van der Waals surface area contributed by atoms with Crippen molar-refractivity contribution in [1.82, 2.24) is 4.90 Å². The van der Waals surface area contributed by atoms with Crippen LogP contribution in [-0.2, 0) is 16.0 Å². The highest BCUT2D eigenvalue weighted by molar-refractivity contribution is 6.30. The molecule has 1 N–H and O–H groups in total. The minimum atomic E-state index is -0.996. The molecule has 1 aromatic carbocycles. The molecule has 0 spiro atoms. The van der Waals surface area contributed by atoms with E-state index < -0.39 is 23.7 Å². The van der Waals surface area contributed by atoms with Gasteiger partial charge in [-0.2, -0.15) is 0 Å². The second-order valence-corrected chi connectivity index (χ2v) is 7.36. The summed E-state index contributed by atoms with van der Waals surface area (Å²) in [5, 5.41) is 10.0. The van der Waals surface area contributed by atoms with Crippen molar-refractivity contribution in [3.63, 3.8) is 0 Å². The average Bonchev–Trinajstić information content (AvgIpc) is 2.81. The van der Waals surface area contributed by atoms with Crippen LogP contribution in [0.15, 0.2) is 24.3 Å². The molecule has 23 heavy (non-hydrogen) atoms. The highest BCUT2D eigenvalue weighted by Gasteiger charge is 2.41. The van der Waals surface area contributed by atoms with Crippen molar-refractivity contribution in [2.24, 2.45) is 5.92 Å². The van der Waals surface area contributed by atoms with E-state index in [4.69, 9.17) is 16.3 Å². The molecule has 1 aromatic rings. The number of carbonyl (C=O) groups is 2.